The Balaban J connectivity index is 2.93. The molecule has 0 saturated heterocycles. The van der Waals surface area contributed by atoms with E-state index in [9.17, 15) is 0 Å². The van der Waals surface area contributed by atoms with E-state index in [1.54, 1.807) is 14.2 Å². The van der Waals surface area contributed by atoms with Crippen LogP contribution in [0.5, 0.6) is 11.5 Å². The molecular weight excluding hydrogens is 202 g/mol. The molecule has 0 atom stereocenters. The van der Waals surface area contributed by atoms with Gasteiger partial charge in [-0.15, -0.1) is 0 Å². The van der Waals surface area contributed by atoms with Gasteiger partial charge in [0, 0.05) is 0 Å². The second-order valence-corrected chi connectivity index (χ2v) is 3.12. The summed E-state index contributed by atoms with van der Waals surface area (Å²) in [6, 6.07) is 5.63. The minimum absolute atomic E-state index is 0.664. The van der Waals surface area contributed by atoms with Gasteiger partial charge in [0.2, 0.25) is 0 Å². The molecule has 0 saturated carbocycles. The number of nitrogens with one attached hydrogen (secondary N) is 1. The van der Waals surface area contributed by atoms with Crippen LogP contribution in [0.4, 0.5) is 0 Å². The Morgan fingerprint density at radius 3 is 2.31 bits per heavy atom. The molecule has 0 radical (unpaired) electrons. The summed E-state index contributed by atoms with van der Waals surface area (Å²) in [6.45, 7) is 3.63. The number of ether oxygens (including phenoxy) is 2. The number of hydrogen-bond acceptors (Lipinski definition) is 3. The van der Waals surface area contributed by atoms with Crippen LogP contribution in [0, 0.1) is 11.8 Å². The first kappa shape index (κ1) is 12.4. The topological polar surface area (TPSA) is 30.5 Å². The minimum Gasteiger partial charge on any atom is -0.495 e. The van der Waals surface area contributed by atoms with Crippen LogP contribution < -0.4 is 14.8 Å². The summed E-state index contributed by atoms with van der Waals surface area (Å²) in [4.78, 5) is 0. The Morgan fingerprint density at radius 1 is 1.19 bits per heavy atom. The Labute approximate surface area is 96.8 Å². The predicted molar refractivity (Wildman–Crippen MR) is 65.0 cm³/mol. The van der Waals surface area contributed by atoms with Crippen LogP contribution in [0.15, 0.2) is 18.2 Å². The van der Waals surface area contributed by atoms with Crippen molar-refractivity contribution in [2.45, 2.75) is 6.92 Å². The van der Waals surface area contributed by atoms with Crippen molar-refractivity contribution in [3.05, 3.63) is 23.8 Å². The fourth-order valence-corrected chi connectivity index (χ4v) is 1.29. The fourth-order valence-electron chi connectivity index (χ4n) is 1.29. The first-order valence-electron chi connectivity index (χ1n) is 5.24. The first-order chi connectivity index (χ1) is 7.83. The SMILES string of the molecule is CCNCC#Cc1c(OC)cccc1OC. The monoisotopic (exact) mass is 219 g/mol. The average Bonchev–Trinajstić information content (AvgIpc) is 2.34. The van der Waals surface area contributed by atoms with Crippen LogP contribution in [-0.4, -0.2) is 27.3 Å². The predicted octanol–water partition coefficient (Wildman–Crippen LogP) is 1.66. The Kier molecular flexibility index (Phi) is 5.24. The molecule has 0 aliphatic rings. The fraction of sp³-hybridized carbons (Fsp3) is 0.385. The van der Waals surface area contributed by atoms with Crippen LogP contribution >= 0.6 is 0 Å². The van der Waals surface area contributed by atoms with E-state index >= 15 is 0 Å². The molecule has 0 unspecified atom stereocenters. The summed E-state index contributed by atoms with van der Waals surface area (Å²) in [5.41, 5.74) is 0.797. The summed E-state index contributed by atoms with van der Waals surface area (Å²) >= 11 is 0. The Bertz CT molecular complexity index is 368. The van der Waals surface area contributed by atoms with E-state index < -0.39 is 0 Å². The molecule has 1 aromatic carbocycles. The average molecular weight is 219 g/mol. The van der Waals surface area contributed by atoms with Crippen molar-refractivity contribution in [3.8, 4) is 23.3 Å². The van der Waals surface area contributed by atoms with Crippen molar-refractivity contribution in [3.63, 3.8) is 0 Å². The van der Waals surface area contributed by atoms with E-state index in [0.717, 1.165) is 23.6 Å². The molecule has 0 fully saturated rings. The van der Waals surface area contributed by atoms with Gasteiger partial charge >= 0.3 is 0 Å². The first-order valence-corrected chi connectivity index (χ1v) is 5.24. The van der Waals surface area contributed by atoms with Gasteiger partial charge < -0.3 is 14.8 Å². The molecule has 0 heterocycles. The van der Waals surface area contributed by atoms with E-state index in [2.05, 4.69) is 17.2 Å². The van der Waals surface area contributed by atoms with Crippen molar-refractivity contribution < 1.29 is 9.47 Å². The van der Waals surface area contributed by atoms with Gasteiger partial charge in [-0.1, -0.05) is 24.8 Å². The van der Waals surface area contributed by atoms with Crippen LogP contribution in [0.1, 0.15) is 12.5 Å². The van der Waals surface area contributed by atoms with E-state index in [-0.39, 0.29) is 0 Å². The molecule has 0 spiro atoms. The highest BCUT2D eigenvalue weighted by molar-refractivity contribution is 5.55. The molecule has 1 N–H and O–H groups in total. The van der Waals surface area contributed by atoms with Crippen molar-refractivity contribution in [2.24, 2.45) is 0 Å². The van der Waals surface area contributed by atoms with Gasteiger partial charge in [-0.3, -0.25) is 0 Å². The third-order valence-corrected chi connectivity index (χ3v) is 2.10. The molecule has 0 amide bonds. The lowest BCUT2D eigenvalue weighted by Gasteiger charge is -2.07. The summed E-state index contributed by atoms with van der Waals surface area (Å²) in [6.07, 6.45) is 0. The maximum Gasteiger partial charge on any atom is 0.138 e. The van der Waals surface area contributed by atoms with Crippen molar-refractivity contribution >= 4 is 0 Å². The lowest BCUT2D eigenvalue weighted by Crippen LogP contribution is -2.11. The van der Waals surface area contributed by atoms with E-state index in [1.807, 2.05) is 25.1 Å². The molecule has 1 aromatic rings. The second-order valence-electron chi connectivity index (χ2n) is 3.12. The Hall–Kier alpha value is -1.66. The molecule has 3 heteroatoms. The Morgan fingerprint density at radius 2 is 1.81 bits per heavy atom. The number of rotatable bonds is 4. The number of hydrogen-bond donors (Lipinski definition) is 1. The summed E-state index contributed by atoms with van der Waals surface area (Å²) in [7, 11) is 3.26. The lowest BCUT2D eigenvalue weighted by molar-refractivity contribution is 0.392. The van der Waals surface area contributed by atoms with Gasteiger partial charge in [-0.05, 0) is 18.7 Å². The quantitative estimate of drug-likeness (QED) is 0.617. The summed E-state index contributed by atoms with van der Waals surface area (Å²) in [5, 5.41) is 3.14. The molecule has 0 aromatic heterocycles. The van der Waals surface area contributed by atoms with Gasteiger partial charge in [0.25, 0.3) is 0 Å². The molecular formula is C13H17NO2. The third-order valence-electron chi connectivity index (χ3n) is 2.10. The van der Waals surface area contributed by atoms with Gasteiger partial charge in [0.1, 0.15) is 17.1 Å². The van der Waals surface area contributed by atoms with Gasteiger partial charge in [-0.25, -0.2) is 0 Å². The van der Waals surface area contributed by atoms with Crippen LogP contribution in [-0.2, 0) is 0 Å². The summed E-state index contributed by atoms with van der Waals surface area (Å²) in [5.74, 6) is 7.57. The van der Waals surface area contributed by atoms with Gasteiger partial charge in [0.05, 0.1) is 20.8 Å². The van der Waals surface area contributed by atoms with E-state index in [0.29, 0.717) is 6.54 Å². The smallest absolute Gasteiger partial charge is 0.138 e. The minimum atomic E-state index is 0.664. The van der Waals surface area contributed by atoms with Crippen molar-refractivity contribution in [1.82, 2.24) is 5.32 Å². The number of methoxy groups -OCH3 is 2. The highest BCUT2D eigenvalue weighted by atomic mass is 16.5. The number of benzene rings is 1. The standard InChI is InChI=1S/C13H17NO2/c1-4-14-10-6-7-11-12(15-2)8-5-9-13(11)16-3/h5,8-9,14H,4,10H2,1-3H3. The maximum absolute atomic E-state index is 5.24. The molecule has 0 bridgehead atoms. The third kappa shape index (κ3) is 3.18. The summed E-state index contributed by atoms with van der Waals surface area (Å²) < 4.78 is 10.5. The molecule has 1 rings (SSSR count). The zero-order chi connectivity index (χ0) is 11.8. The molecule has 86 valence electrons. The van der Waals surface area contributed by atoms with Crippen LogP contribution in [0.3, 0.4) is 0 Å². The molecule has 16 heavy (non-hydrogen) atoms. The highest BCUT2D eigenvalue weighted by Gasteiger charge is 2.05. The molecule has 0 aliphatic heterocycles. The van der Waals surface area contributed by atoms with Crippen molar-refractivity contribution in [1.29, 1.82) is 0 Å². The van der Waals surface area contributed by atoms with Crippen LogP contribution in [0.2, 0.25) is 0 Å². The zero-order valence-corrected chi connectivity index (χ0v) is 9.96. The largest absolute Gasteiger partial charge is 0.495 e. The van der Waals surface area contributed by atoms with Crippen LogP contribution in [0.25, 0.3) is 0 Å². The van der Waals surface area contributed by atoms with Gasteiger partial charge in [-0.2, -0.15) is 0 Å². The molecule has 3 nitrogen and oxygen atoms in total. The van der Waals surface area contributed by atoms with E-state index in [4.69, 9.17) is 9.47 Å². The highest BCUT2D eigenvalue weighted by Crippen LogP contribution is 2.26. The van der Waals surface area contributed by atoms with Crippen molar-refractivity contribution in [2.75, 3.05) is 27.3 Å². The van der Waals surface area contributed by atoms with E-state index in [1.165, 1.54) is 0 Å². The second kappa shape index (κ2) is 6.76. The zero-order valence-electron chi connectivity index (χ0n) is 9.96. The van der Waals surface area contributed by atoms with Gasteiger partial charge in [0.15, 0.2) is 0 Å². The molecule has 0 aliphatic carbocycles. The lowest BCUT2D eigenvalue weighted by atomic mass is 10.2. The normalized spacial score (nSPS) is 9.19. The maximum atomic E-state index is 5.24.